The molecule has 0 saturated heterocycles. The molecule has 0 atom stereocenters. The van der Waals surface area contributed by atoms with E-state index in [1.165, 1.54) is 7.05 Å². The summed E-state index contributed by atoms with van der Waals surface area (Å²) >= 11 is 0. The van der Waals surface area contributed by atoms with Gasteiger partial charge in [0.15, 0.2) is 12.4 Å². The number of nitrogens with one attached hydrogen (secondary N) is 2. The summed E-state index contributed by atoms with van der Waals surface area (Å²) in [4.78, 5) is 10.6. The fourth-order valence-corrected chi connectivity index (χ4v) is 0.920. The average Bonchev–Trinajstić information content (AvgIpc) is 2.27. The highest BCUT2D eigenvalue weighted by Gasteiger charge is 2.03. The Morgan fingerprint density at radius 3 is 2.69 bits per heavy atom. The van der Waals surface area contributed by atoms with E-state index in [1.54, 1.807) is 6.08 Å². The fraction of sp³-hybridized carbons (Fsp3) is 0.364. The van der Waals surface area contributed by atoms with Crippen molar-refractivity contribution in [1.29, 1.82) is 0 Å². The van der Waals surface area contributed by atoms with Crippen molar-refractivity contribution in [1.82, 2.24) is 10.6 Å². The predicted molar refractivity (Wildman–Crippen MR) is 62.4 cm³/mol. The van der Waals surface area contributed by atoms with Gasteiger partial charge >= 0.3 is 5.97 Å². The monoisotopic (exact) mass is 226 g/mol. The maximum Gasteiger partial charge on any atom is 0.355 e. The number of hydrogen-bond acceptors (Lipinski definition) is 4. The van der Waals surface area contributed by atoms with Crippen LogP contribution in [-0.4, -0.2) is 24.9 Å². The van der Waals surface area contributed by atoms with Crippen LogP contribution < -0.4 is 10.6 Å². The Labute approximate surface area is 95.5 Å². The van der Waals surface area contributed by atoms with Gasteiger partial charge < -0.3 is 20.5 Å². The minimum absolute atomic E-state index is 0.00699. The van der Waals surface area contributed by atoms with Crippen LogP contribution in [0.25, 0.3) is 0 Å². The number of carbonyl (C=O) groups is 1. The second-order valence-corrected chi connectivity index (χ2v) is 2.86. The largest absolute Gasteiger partial charge is 0.479 e. The Morgan fingerprint density at radius 2 is 2.25 bits per heavy atom. The van der Waals surface area contributed by atoms with Crippen LogP contribution in [0.3, 0.4) is 0 Å². The fourth-order valence-electron chi connectivity index (χ4n) is 0.920. The number of hydrogen-bond donors (Lipinski definition) is 3. The summed E-state index contributed by atoms with van der Waals surface area (Å²) in [7, 11) is 1.52. The van der Waals surface area contributed by atoms with Gasteiger partial charge in [-0.05, 0) is 12.5 Å². The van der Waals surface area contributed by atoms with E-state index in [2.05, 4.69) is 17.2 Å². The van der Waals surface area contributed by atoms with Gasteiger partial charge in [-0.3, -0.25) is 0 Å². The summed E-state index contributed by atoms with van der Waals surface area (Å²) in [6.07, 6.45) is 5.51. The molecule has 5 nitrogen and oxygen atoms in total. The topological polar surface area (TPSA) is 70.6 Å². The second-order valence-electron chi connectivity index (χ2n) is 2.86. The third kappa shape index (κ3) is 5.74. The lowest BCUT2D eigenvalue weighted by Gasteiger charge is -2.08. The number of carboxylic acids is 1. The highest BCUT2D eigenvalue weighted by Crippen LogP contribution is 1.95. The Morgan fingerprint density at radius 1 is 1.56 bits per heavy atom. The molecule has 0 spiro atoms. The highest BCUT2D eigenvalue weighted by atomic mass is 16.5. The Bertz CT molecular complexity index is 296. The van der Waals surface area contributed by atoms with Gasteiger partial charge in [0.25, 0.3) is 0 Å². The van der Waals surface area contributed by atoms with Crippen LogP contribution in [0.5, 0.6) is 0 Å². The minimum Gasteiger partial charge on any atom is -0.479 e. The van der Waals surface area contributed by atoms with Crippen molar-refractivity contribution < 1.29 is 14.6 Å². The van der Waals surface area contributed by atoms with Crippen molar-refractivity contribution in [3.63, 3.8) is 0 Å². The summed E-state index contributed by atoms with van der Waals surface area (Å²) in [6.45, 7) is 5.79. The molecular formula is C11H18N2O3. The van der Waals surface area contributed by atoms with E-state index in [9.17, 15) is 4.79 Å². The molecular weight excluding hydrogens is 208 g/mol. The molecule has 0 aliphatic heterocycles. The molecule has 0 fully saturated rings. The van der Waals surface area contributed by atoms with E-state index < -0.39 is 5.97 Å². The normalized spacial score (nSPS) is 11.9. The van der Waals surface area contributed by atoms with Crippen LogP contribution in [0, 0.1) is 0 Å². The van der Waals surface area contributed by atoms with Gasteiger partial charge in [0.2, 0.25) is 0 Å². The summed E-state index contributed by atoms with van der Waals surface area (Å²) in [6, 6.07) is 0. The van der Waals surface area contributed by atoms with Gasteiger partial charge in [-0.2, -0.15) is 0 Å². The van der Waals surface area contributed by atoms with Gasteiger partial charge in [0.05, 0.1) is 0 Å². The second kappa shape index (κ2) is 8.40. The Hall–Kier alpha value is -1.91. The molecule has 0 saturated carbocycles. The van der Waals surface area contributed by atoms with E-state index >= 15 is 0 Å². The molecule has 0 rings (SSSR count). The number of allylic oxidation sites excluding steroid dienone is 3. The third-order valence-electron chi connectivity index (χ3n) is 1.78. The number of ether oxygens (including phenoxy) is 1. The molecule has 0 aromatic carbocycles. The molecule has 0 radical (unpaired) electrons. The van der Waals surface area contributed by atoms with Crippen LogP contribution >= 0.6 is 0 Å². The molecule has 0 aromatic heterocycles. The zero-order valence-electron chi connectivity index (χ0n) is 9.62. The van der Waals surface area contributed by atoms with E-state index in [0.717, 1.165) is 18.4 Å². The first kappa shape index (κ1) is 14.1. The molecule has 0 bridgehead atoms. The van der Waals surface area contributed by atoms with E-state index in [-0.39, 0.29) is 12.4 Å². The molecule has 5 heteroatoms. The SMILES string of the molecule is C=C/C=C(\CC)NCO/C=C(\NC)C(=O)O. The standard InChI is InChI=1S/C11H18N2O3/c1-4-6-9(5-2)13-8-16-7-10(12-3)11(14)15/h4,6-7,12-13H,1,5,8H2,2-3H3,(H,14,15)/b9-6+,10-7-. The lowest BCUT2D eigenvalue weighted by atomic mass is 10.3. The summed E-state index contributed by atoms with van der Waals surface area (Å²) < 4.78 is 5.04. The third-order valence-corrected chi connectivity index (χ3v) is 1.78. The van der Waals surface area contributed by atoms with E-state index in [4.69, 9.17) is 9.84 Å². The number of rotatable bonds is 8. The molecule has 0 aliphatic carbocycles. The molecule has 0 aromatic rings. The smallest absolute Gasteiger partial charge is 0.355 e. The molecule has 0 unspecified atom stereocenters. The summed E-state index contributed by atoms with van der Waals surface area (Å²) in [5, 5.41) is 14.2. The summed E-state index contributed by atoms with van der Waals surface area (Å²) in [5.74, 6) is -1.06. The molecule has 0 amide bonds. The van der Waals surface area contributed by atoms with Crippen molar-refractivity contribution in [2.75, 3.05) is 13.8 Å². The molecule has 3 N–H and O–H groups in total. The molecule has 0 aliphatic rings. The molecule has 90 valence electrons. The summed E-state index contributed by atoms with van der Waals surface area (Å²) in [5.41, 5.74) is 0.984. The number of likely N-dealkylation sites (N-methyl/N-ethyl adjacent to an activating group) is 1. The van der Waals surface area contributed by atoms with Crippen molar-refractivity contribution in [2.45, 2.75) is 13.3 Å². The number of carboxylic acid groups (broad SMARTS) is 1. The van der Waals surface area contributed by atoms with Gasteiger partial charge in [-0.1, -0.05) is 19.6 Å². The molecule has 0 heterocycles. The maximum atomic E-state index is 10.6. The lowest BCUT2D eigenvalue weighted by molar-refractivity contribution is -0.133. The van der Waals surface area contributed by atoms with Crippen molar-refractivity contribution in [3.8, 4) is 0 Å². The van der Waals surface area contributed by atoms with Crippen molar-refractivity contribution in [2.24, 2.45) is 0 Å². The Kier molecular flexibility index (Phi) is 7.40. The van der Waals surface area contributed by atoms with Gasteiger partial charge in [0, 0.05) is 12.7 Å². The van der Waals surface area contributed by atoms with E-state index in [0.29, 0.717) is 0 Å². The maximum absolute atomic E-state index is 10.6. The quantitative estimate of drug-likeness (QED) is 0.190. The minimum atomic E-state index is -1.06. The predicted octanol–water partition coefficient (Wildman–Crippen LogP) is 1.18. The number of aliphatic carboxylic acids is 1. The zero-order chi connectivity index (χ0) is 12.4. The van der Waals surface area contributed by atoms with Crippen molar-refractivity contribution >= 4 is 5.97 Å². The van der Waals surface area contributed by atoms with Crippen LogP contribution in [0.15, 0.2) is 36.4 Å². The first-order chi connectivity index (χ1) is 7.65. The highest BCUT2D eigenvalue weighted by molar-refractivity contribution is 5.85. The Balaban J connectivity index is 4.03. The van der Waals surface area contributed by atoms with Crippen molar-refractivity contribution in [3.05, 3.63) is 36.4 Å². The van der Waals surface area contributed by atoms with Crippen LogP contribution in [0.2, 0.25) is 0 Å². The van der Waals surface area contributed by atoms with Crippen LogP contribution in [-0.2, 0) is 9.53 Å². The first-order valence-corrected chi connectivity index (χ1v) is 4.94. The first-order valence-electron chi connectivity index (χ1n) is 4.94. The van der Waals surface area contributed by atoms with Crippen LogP contribution in [0.4, 0.5) is 0 Å². The lowest BCUT2D eigenvalue weighted by Crippen LogP contribution is -2.19. The molecule has 16 heavy (non-hydrogen) atoms. The van der Waals surface area contributed by atoms with E-state index in [1.807, 2.05) is 13.0 Å². The average molecular weight is 226 g/mol. The van der Waals surface area contributed by atoms with Gasteiger partial charge in [-0.25, -0.2) is 4.79 Å². The van der Waals surface area contributed by atoms with Gasteiger partial charge in [-0.15, -0.1) is 0 Å². The van der Waals surface area contributed by atoms with Crippen LogP contribution in [0.1, 0.15) is 13.3 Å². The zero-order valence-corrected chi connectivity index (χ0v) is 9.62. The van der Waals surface area contributed by atoms with Gasteiger partial charge in [0.1, 0.15) is 6.26 Å².